The van der Waals surface area contributed by atoms with Gasteiger partial charge in [0, 0.05) is 7.05 Å². The van der Waals surface area contributed by atoms with Crippen molar-refractivity contribution < 1.29 is 13.0 Å². The van der Waals surface area contributed by atoms with Crippen molar-refractivity contribution in [2.45, 2.75) is 6.67 Å². The summed E-state index contributed by atoms with van der Waals surface area (Å²) < 4.78 is 18.6. The Morgan fingerprint density at radius 1 is 1.62 bits per heavy atom. The van der Waals surface area contributed by atoms with Crippen molar-refractivity contribution in [1.82, 2.24) is 9.55 Å². The van der Waals surface area contributed by atoms with Crippen LogP contribution in [0.1, 0.15) is 16.2 Å². The van der Waals surface area contributed by atoms with E-state index >= 15 is 0 Å². The molecule has 0 amide bonds. The Kier molecular flexibility index (Phi) is 2.95. The molecule has 0 aliphatic carbocycles. The number of fused-ring (bicyclic) bond motifs is 1. The summed E-state index contributed by atoms with van der Waals surface area (Å²) in [7, 11) is 1.71. The van der Waals surface area contributed by atoms with Gasteiger partial charge in [-0.1, -0.05) is 6.07 Å². The first-order valence-corrected chi connectivity index (χ1v) is 5.07. The minimum Gasteiger partial charge on any atom is -0.622 e. The number of imidazole rings is 1. The van der Waals surface area contributed by atoms with Crippen molar-refractivity contribution in [2.75, 3.05) is 0 Å². The Balaban J connectivity index is 2.63. The molecule has 2 aromatic rings. The summed E-state index contributed by atoms with van der Waals surface area (Å²) in [5, 5.41) is 0. The Bertz CT molecular complexity index is 553. The second-order valence-electron chi connectivity index (χ2n) is 3.36. The van der Waals surface area contributed by atoms with Gasteiger partial charge in [-0.3, -0.25) is 0 Å². The van der Waals surface area contributed by atoms with E-state index in [-0.39, 0.29) is 5.82 Å². The number of hydrogen-bond donors (Lipinski definition) is 0. The van der Waals surface area contributed by atoms with Crippen LogP contribution in [0.4, 0.5) is 4.39 Å². The second-order valence-corrected chi connectivity index (χ2v) is 3.59. The molecule has 0 saturated carbocycles. The first-order valence-electron chi connectivity index (χ1n) is 4.59. The van der Waals surface area contributed by atoms with Crippen molar-refractivity contribution in [3.8, 4) is 0 Å². The van der Waals surface area contributed by atoms with Crippen LogP contribution in [0.25, 0.3) is 11.0 Å². The highest BCUT2D eigenvalue weighted by atomic mass is 27.1. The molecule has 0 bridgehead atoms. The van der Waals surface area contributed by atoms with Crippen LogP contribution in [-0.4, -0.2) is 32.1 Å². The Hall–Kier alpha value is -1.38. The molecule has 0 unspecified atom stereocenters. The minimum absolute atomic E-state index is 0.195. The summed E-state index contributed by atoms with van der Waals surface area (Å²) in [4.78, 5) is 15.5. The van der Waals surface area contributed by atoms with Crippen LogP contribution in [0, 0.1) is 0 Å². The number of aryl methyl sites for hydroxylation is 1. The maximum atomic E-state index is 12.5. The topological polar surface area (TPSA) is 44.1 Å². The first-order chi connectivity index (χ1) is 7.67. The average Bonchev–Trinajstić information content (AvgIpc) is 2.65. The molecule has 2 radical (unpaired) electrons. The molecule has 0 saturated heterocycles. The lowest BCUT2D eigenvalue weighted by Gasteiger charge is -2.00. The zero-order valence-electron chi connectivity index (χ0n) is 8.61. The van der Waals surface area contributed by atoms with Crippen LogP contribution in [-0.2, 0) is 17.5 Å². The van der Waals surface area contributed by atoms with Crippen molar-refractivity contribution >= 4 is 33.6 Å². The molecule has 1 aromatic heterocycles. The number of nitrogens with zero attached hydrogens (tertiary/aromatic N) is 2. The van der Waals surface area contributed by atoms with Crippen LogP contribution in [0.15, 0.2) is 18.2 Å². The van der Waals surface area contributed by atoms with E-state index in [1.54, 1.807) is 29.8 Å². The van der Waals surface area contributed by atoms with Crippen LogP contribution in [0.3, 0.4) is 0 Å². The molecule has 0 aliphatic heterocycles. The molecule has 0 fully saturated rings. The van der Waals surface area contributed by atoms with Crippen molar-refractivity contribution in [3.63, 3.8) is 0 Å². The molecule has 6 heteroatoms. The van der Waals surface area contributed by atoms with E-state index in [0.717, 1.165) is 5.52 Å². The summed E-state index contributed by atoms with van der Waals surface area (Å²) in [6, 6.07) is 5.02. The first kappa shape index (κ1) is 11.1. The highest BCUT2D eigenvalue weighted by molar-refractivity contribution is 6.09. The van der Waals surface area contributed by atoms with E-state index in [4.69, 9.17) is 0 Å². The number of aromatic nitrogens is 2. The normalized spacial score (nSPS) is 10.6. The fraction of sp³-hybridized carbons (Fsp3) is 0.200. The van der Waals surface area contributed by atoms with Gasteiger partial charge in [-0.2, -0.15) is 0 Å². The Morgan fingerprint density at radius 3 is 3.00 bits per heavy atom. The van der Waals surface area contributed by atoms with Crippen LogP contribution in [0.2, 0.25) is 0 Å². The number of alkyl halides is 1. The SMILES string of the molecule is Cn1c(C(=O)[O][Al])nc2cc(CF)ccc21. The van der Waals surface area contributed by atoms with Gasteiger partial charge in [0.25, 0.3) is 0 Å². The quantitative estimate of drug-likeness (QED) is 0.735. The van der Waals surface area contributed by atoms with E-state index in [2.05, 4.69) is 8.77 Å². The molecule has 4 nitrogen and oxygen atoms in total. The summed E-state index contributed by atoms with van der Waals surface area (Å²) in [6.07, 6.45) is 0. The number of carbonyl (C=O) groups is 1. The largest absolute Gasteiger partial charge is 0.622 e. The lowest BCUT2D eigenvalue weighted by molar-refractivity contribution is 0.0734. The number of carbonyl (C=O) groups excluding carboxylic acids is 1. The lowest BCUT2D eigenvalue weighted by Crippen LogP contribution is -2.09. The fourth-order valence-corrected chi connectivity index (χ4v) is 1.67. The van der Waals surface area contributed by atoms with Crippen LogP contribution < -0.4 is 0 Å². The number of benzene rings is 1. The van der Waals surface area contributed by atoms with E-state index in [1.807, 2.05) is 16.6 Å². The summed E-state index contributed by atoms with van der Waals surface area (Å²) in [5.74, 6) is -0.341. The number of rotatable bonds is 2. The van der Waals surface area contributed by atoms with Gasteiger partial charge in [0.05, 0.1) is 11.0 Å². The Labute approximate surface area is 99.8 Å². The van der Waals surface area contributed by atoms with E-state index in [0.29, 0.717) is 11.1 Å². The van der Waals surface area contributed by atoms with Crippen LogP contribution >= 0.6 is 0 Å². The monoisotopic (exact) mass is 234 g/mol. The van der Waals surface area contributed by atoms with Gasteiger partial charge < -0.3 is 8.36 Å². The third-order valence-electron chi connectivity index (χ3n) is 2.39. The molecule has 0 atom stereocenters. The van der Waals surface area contributed by atoms with E-state index in [1.165, 1.54) is 0 Å². The highest BCUT2D eigenvalue weighted by Crippen LogP contribution is 2.17. The lowest BCUT2D eigenvalue weighted by atomic mass is 10.2. The van der Waals surface area contributed by atoms with Crippen LogP contribution in [0.5, 0.6) is 0 Å². The van der Waals surface area contributed by atoms with Gasteiger partial charge in [0.15, 0.2) is 0 Å². The summed E-state index contributed by atoms with van der Waals surface area (Å²) >= 11 is 1.88. The van der Waals surface area contributed by atoms with Gasteiger partial charge >= 0.3 is 22.6 Å². The second kappa shape index (κ2) is 4.24. The predicted molar refractivity (Wildman–Crippen MR) is 56.7 cm³/mol. The average molecular weight is 234 g/mol. The van der Waals surface area contributed by atoms with Crippen molar-refractivity contribution in [2.24, 2.45) is 7.05 Å². The molecule has 0 aliphatic rings. The number of halogens is 1. The minimum atomic E-state index is -0.546. The maximum absolute atomic E-state index is 12.5. The molecule has 80 valence electrons. The standard InChI is InChI=1S/C10H9FN2O2.Al/c1-13-8-3-2-6(5-11)4-7(8)12-9(13)10(14)15;/h2-4H,5H2,1H3,(H,14,15);/q;+1/p-1. The number of hydrogen-bond acceptors (Lipinski definition) is 3. The van der Waals surface area contributed by atoms with Gasteiger partial charge in [0.1, 0.15) is 6.67 Å². The van der Waals surface area contributed by atoms with E-state index in [9.17, 15) is 9.18 Å². The molecule has 1 heterocycles. The Morgan fingerprint density at radius 2 is 2.38 bits per heavy atom. The van der Waals surface area contributed by atoms with Gasteiger partial charge in [-0.05, 0) is 17.7 Å². The zero-order chi connectivity index (χ0) is 11.7. The molecule has 2 rings (SSSR count). The molecule has 0 N–H and O–H groups in total. The summed E-state index contributed by atoms with van der Waals surface area (Å²) in [6.45, 7) is -0.546. The molecule has 16 heavy (non-hydrogen) atoms. The molecule has 1 aromatic carbocycles. The third kappa shape index (κ3) is 1.71. The summed E-state index contributed by atoms with van der Waals surface area (Å²) in [5.41, 5.74) is 1.89. The molecular formula is C10H8AlFN2O2. The fourth-order valence-electron chi connectivity index (χ4n) is 1.56. The van der Waals surface area contributed by atoms with E-state index < -0.39 is 12.6 Å². The van der Waals surface area contributed by atoms with Gasteiger partial charge in [0.2, 0.25) is 5.82 Å². The van der Waals surface area contributed by atoms with Crippen molar-refractivity contribution in [1.29, 1.82) is 0 Å². The smallest absolute Gasteiger partial charge is 0.485 e. The third-order valence-corrected chi connectivity index (χ3v) is 2.60. The van der Waals surface area contributed by atoms with Crippen molar-refractivity contribution in [3.05, 3.63) is 29.6 Å². The molecular weight excluding hydrogens is 226 g/mol. The maximum Gasteiger partial charge on any atom is 0.485 e. The van der Waals surface area contributed by atoms with Gasteiger partial charge in [-0.15, -0.1) is 0 Å². The predicted octanol–water partition coefficient (Wildman–Crippen LogP) is 1.28. The highest BCUT2D eigenvalue weighted by Gasteiger charge is 2.14. The zero-order valence-corrected chi connectivity index (χ0v) is 9.76. The van der Waals surface area contributed by atoms with Gasteiger partial charge in [-0.25, -0.2) is 14.2 Å². The molecule has 0 spiro atoms.